The molecule has 0 rings (SSSR count). The first kappa shape index (κ1) is 9.49. The zero-order valence-electron chi connectivity index (χ0n) is 6.61. The highest BCUT2D eigenvalue weighted by Crippen LogP contribution is 2.06. The van der Waals surface area contributed by atoms with Gasteiger partial charge in [0.2, 0.25) is 0 Å². The van der Waals surface area contributed by atoms with Crippen LogP contribution in [0.15, 0.2) is 0 Å². The van der Waals surface area contributed by atoms with E-state index in [1.165, 1.54) is 15.8 Å². The van der Waals surface area contributed by atoms with Crippen molar-refractivity contribution < 1.29 is 5.11 Å². The molecule has 0 spiro atoms. The van der Waals surface area contributed by atoms with E-state index in [-0.39, 0.29) is 14.1 Å². The van der Waals surface area contributed by atoms with Gasteiger partial charge in [-0.25, -0.2) is 0 Å². The second kappa shape index (κ2) is 6.61. The Kier molecular flexibility index (Phi) is 6.97. The molecule has 0 fully saturated rings. The van der Waals surface area contributed by atoms with Crippen LogP contribution in [0.2, 0.25) is 15.8 Å². The fourth-order valence-electron chi connectivity index (χ4n) is 1.09. The molecule has 0 heterocycles. The molecule has 0 aromatic rings. The van der Waals surface area contributed by atoms with Gasteiger partial charge < -0.3 is 5.11 Å². The predicted octanol–water partition coefficient (Wildman–Crippen LogP) is 1.64. The van der Waals surface area contributed by atoms with Crippen molar-refractivity contribution in [3.8, 4) is 0 Å². The number of hydrogen-bond donors (Lipinski definition) is 0. The van der Waals surface area contributed by atoms with Crippen LogP contribution in [-0.2, 0) is 0 Å². The van der Waals surface area contributed by atoms with Crippen molar-refractivity contribution in [1.82, 2.24) is 0 Å². The van der Waals surface area contributed by atoms with Gasteiger partial charge in [0.15, 0.2) is 0 Å². The van der Waals surface area contributed by atoms with Gasteiger partial charge in [0.05, 0.1) is 0 Å². The second-order valence-electron chi connectivity index (χ2n) is 2.57. The highest BCUT2D eigenvalue weighted by atomic mass is 27.2. The molecular weight excluding hydrogens is 127 g/mol. The van der Waals surface area contributed by atoms with Crippen LogP contribution in [0.1, 0.15) is 20.3 Å². The summed E-state index contributed by atoms with van der Waals surface area (Å²) in [6.07, 6.45) is 1.15. The highest BCUT2D eigenvalue weighted by Gasteiger charge is 2.10. The van der Waals surface area contributed by atoms with Gasteiger partial charge >= 0.3 is 0 Å². The molecule has 0 saturated carbocycles. The third kappa shape index (κ3) is 4.96. The standard InChI is InChI=1S/C3H7O.2C2H5.Al/c1-2-3-4;2*1-2;/h4H,1-3H2;2*1H2,2H3;/p+1. The summed E-state index contributed by atoms with van der Waals surface area (Å²) in [5.74, 6) is 0. The van der Waals surface area contributed by atoms with E-state index >= 15 is 0 Å². The molecule has 0 unspecified atom stereocenters. The molecule has 0 radical (unpaired) electrons. The lowest BCUT2D eigenvalue weighted by molar-refractivity contribution is 0.294. The van der Waals surface area contributed by atoms with Crippen LogP contribution < -0.4 is 0 Å². The Morgan fingerprint density at radius 3 is 2.11 bits per heavy atom. The summed E-state index contributed by atoms with van der Waals surface area (Å²) in [5.41, 5.74) is 0. The van der Waals surface area contributed by atoms with Crippen molar-refractivity contribution in [2.45, 2.75) is 36.1 Å². The molecule has 0 aromatic heterocycles. The van der Waals surface area contributed by atoms with Crippen molar-refractivity contribution in [2.24, 2.45) is 0 Å². The van der Waals surface area contributed by atoms with Crippen LogP contribution in [0, 0.1) is 0 Å². The largest absolute Gasteiger partial charge is 0.445 e. The molecule has 0 aliphatic rings. The van der Waals surface area contributed by atoms with Crippen molar-refractivity contribution in [3.63, 3.8) is 0 Å². The Hall–Kier alpha value is 0.492. The molecular formula is C7H18AlO+. The Morgan fingerprint density at radius 2 is 1.78 bits per heavy atom. The average Bonchev–Trinajstić information content (AvgIpc) is 1.91. The molecule has 2 N–H and O–H groups in total. The van der Waals surface area contributed by atoms with Crippen molar-refractivity contribution in [3.05, 3.63) is 0 Å². The average molecular weight is 145 g/mol. The lowest BCUT2D eigenvalue weighted by atomic mass is 10.5. The van der Waals surface area contributed by atoms with Crippen LogP contribution in [0.3, 0.4) is 0 Å². The van der Waals surface area contributed by atoms with E-state index in [0.29, 0.717) is 6.61 Å². The first-order valence-electron chi connectivity index (χ1n) is 3.99. The van der Waals surface area contributed by atoms with Crippen molar-refractivity contribution in [1.29, 1.82) is 0 Å². The Bertz CT molecular complexity index is 52.9. The number of rotatable bonds is 5. The summed E-state index contributed by atoms with van der Waals surface area (Å²) in [7, 11) is 0. The maximum Gasteiger partial charge on any atom is 0.261 e. The molecule has 0 aromatic carbocycles. The summed E-state index contributed by atoms with van der Waals surface area (Å²) in [6, 6.07) is 0. The fraction of sp³-hybridized carbons (Fsp3) is 1.00. The lowest BCUT2D eigenvalue weighted by Crippen LogP contribution is -2.08. The van der Waals surface area contributed by atoms with E-state index in [1.54, 1.807) is 0 Å². The van der Waals surface area contributed by atoms with Gasteiger partial charge in [0.25, 0.3) is 14.1 Å². The summed E-state index contributed by atoms with van der Waals surface area (Å²) in [6.45, 7) is 5.23. The van der Waals surface area contributed by atoms with Crippen LogP contribution in [0.4, 0.5) is 0 Å². The van der Waals surface area contributed by atoms with Crippen molar-refractivity contribution in [2.75, 3.05) is 6.61 Å². The lowest BCUT2D eigenvalue weighted by Gasteiger charge is -2.01. The first-order valence-corrected chi connectivity index (χ1v) is 6.44. The SMILES string of the molecule is C[CH2][Al]([CH2]C)[CH2]CC[OH2+]. The van der Waals surface area contributed by atoms with Gasteiger partial charge in [-0.15, -0.1) is 0 Å². The quantitative estimate of drug-likeness (QED) is 0.414. The molecule has 0 atom stereocenters. The molecule has 0 amide bonds. The zero-order valence-corrected chi connectivity index (χ0v) is 7.77. The van der Waals surface area contributed by atoms with Gasteiger partial charge in [-0.05, 0) is 0 Å². The minimum atomic E-state index is -0.330. The smallest absolute Gasteiger partial charge is 0.261 e. The third-order valence-electron chi connectivity index (χ3n) is 1.94. The Labute approximate surface area is 62.5 Å². The minimum Gasteiger partial charge on any atom is -0.445 e. The van der Waals surface area contributed by atoms with E-state index in [0.717, 1.165) is 6.42 Å². The van der Waals surface area contributed by atoms with Gasteiger partial charge in [-0.1, -0.05) is 29.7 Å². The summed E-state index contributed by atoms with van der Waals surface area (Å²) < 4.78 is 0. The second-order valence-corrected chi connectivity index (χ2v) is 6.52. The van der Waals surface area contributed by atoms with Crippen molar-refractivity contribution >= 4 is 14.1 Å². The van der Waals surface area contributed by atoms with Crippen LogP contribution in [0.5, 0.6) is 0 Å². The van der Waals surface area contributed by atoms with E-state index < -0.39 is 0 Å². The molecule has 54 valence electrons. The predicted molar refractivity (Wildman–Crippen MR) is 44.6 cm³/mol. The molecule has 0 aliphatic carbocycles. The maximum absolute atomic E-state index is 6.97. The topological polar surface area (TPSA) is 22.9 Å². The summed E-state index contributed by atoms with van der Waals surface area (Å²) >= 11 is -0.330. The van der Waals surface area contributed by atoms with Crippen LogP contribution in [-0.4, -0.2) is 25.9 Å². The van der Waals surface area contributed by atoms with Gasteiger partial charge in [-0.3, -0.25) is 0 Å². The molecule has 1 nitrogen and oxygen atoms in total. The van der Waals surface area contributed by atoms with Gasteiger partial charge in [0, 0.05) is 6.42 Å². The molecule has 9 heavy (non-hydrogen) atoms. The van der Waals surface area contributed by atoms with Gasteiger partial charge in [-0.2, -0.15) is 0 Å². The summed E-state index contributed by atoms with van der Waals surface area (Å²) in [4.78, 5) is 0. The fourth-order valence-corrected chi connectivity index (χ4v) is 3.26. The minimum absolute atomic E-state index is 0.330. The molecule has 2 heteroatoms. The first-order chi connectivity index (χ1) is 4.35. The molecule has 0 aliphatic heterocycles. The Morgan fingerprint density at radius 1 is 1.22 bits per heavy atom. The van der Waals surface area contributed by atoms with Gasteiger partial charge in [0.1, 0.15) is 6.61 Å². The maximum atomic E-state index is 6.97. The van der Waals surface area contributed by atoms with Crippen LogP contribution in [0.25, 0.3) is 0 Å². The van der Waals surface area contributed by atoms with E-state index in [1.807, 2.05) is 0 Å². The van der Waals surface area contributed by atoms with E-state index in [4.69, 9.17) is 5.11 Å². The zero-order chi connectivity index (χ0) is 7.11. The molecule has 0 bridgehead atoms. The normalized spacial score (nSPS) is 9.67. The monoisotopic (exact) mass is 145 g/mol. The Balaban J connectivity index is 3.09. The highest BCUT2D eigenvalue weighted by molar-refractivity contribution is 6.58. The third-order valence-corrected chi connectivity index (χ3v) is 5.48. The molecule has 0 saturated heterocycles. The van der Waals surface area contributed by atoms with Crippen LogP contribution >= 0.6 is 0 Å². The van der Waals surface area contributed by atoms with E-state index in [2.05, 4.69) is 13.8 Å². The number of hydrogen-bond acceptors (Lipinski definition) is 0. The summed E-state index contributed by atoms with van der Waals surface area (Å²) in [5, 5.41) is 11.2. The van der Waals surface area contributed by atoms with E-state index in [9.17, 15) is 0 Å².